The van der Waals surface area contributed by atoms with Gasteiger partial charge in [-0.25, -0.2) is 13.8 Å². The Bertz CT molecular complexity index is 1180. The maximum absolute atomic E-state index is 14.1. The van der Waals surface area contributed by atoms with Gasteiger partial charge in [-0.05, 0) is 26.0 Å². The number of alkyl halides is 5. The molecule has 1 fully saturated rings. The van der Waals surface area contributed by atoms with Crippen LogP contribution in [0.4, 0.5) is 22.0 Å². The van der Waals surface area contributed by atoms with Crippen molar-refractivity contribution >= 4 is 16.9 Å². The molecule has 1 aliphatic heterocycles. The van der Waals surface area contributed by atoms with Gasteiger partial charge in [-0.1, -0.05) is 6.07 Å². The van der Waals surface area contributed by atoms with Crippen LogP contribution in [0.1, 0.15) is 33.8 Å². The van der Waals surface area contributed by atoms with Crippen molar-refractivity contribution in [2.45, 2.75) is 38.1 Å². The van der Waals surface area contributed by atoms with E-state index >= 15 is 0 Å². The third-order valence-corrected chi connectivity index (χ3v) is 5.27. The zero-order valence-electron chi connectivity index (χ0n) is 17.3. The first-order valence-corrected chi connectivity index (χ1v) is 9.98. The van der Waals surface area contributed by atoms with Crippen LogP contribution in [0.3, 0.4) is 0 Å². The minimum atomic E-state index is -4.65. The van der Waals surface area contributed by atoms with Gasteiger partial charge in [-0.3, -0.25) is 9.78 Å². The van der Waals surface area contributed by atoms with Gasteiger partial charge in [0.05, 0.1) is 24.3 Å². The Balaban J connectivity index is 1.57. The van der Waals surface area contributed by atoms with Crippen molar-refractivity contribution in [2.75, 3.05) is 13.1 Å². The molecule has 0 bridgehead atoms. The Morgan fingerprint density at radius 2 is 2.15 bits per heavy atom. The van der Waals surface area contributed by atoms with Gasteiger partial charge >= 0.3 is 6.18 Å². The van der Waals surface area contributed by atoms with Crippen LogP contribution in [-0.2, 0) is 12.8 Å². The van der Waals surface area contributed by atoms with Gasteiger partial charge in [0.25, 0.3) is 11.8 Å². The van der Waals surface area contributed by atoms with Crippen LogP contribution in [0.5, 0.6) is 5.88 Å². The fourth-order valence-corrected chi connectivity index (χ4v) is 3.67. The number of hydrogen-bond acceptors (Lipinski definition) is 6. The van der Waals surface area contributed by atoms with Crippen molar-refractivity contribution in [3.8, 4) is 5.88 Å². The lowest BCUT2D eigenvalue weighted by atomic mass is 10.0. The van der Waals surface area contributed by atoms with Gasteiger partial charge in [0, 0.05) is 23.2 Å². The fourth-order valence-electron chi connectivity index (χ4n) is 3.67. The second kappa shape index (κ2) is 8.58. The summed E-state index contributed by atoms with van der Waals surface area (Å²) in [6, 6.07) is 2.56. The molecule has 1 amide bonds. The number of aromatic nitrogens is 2. The van der Waals surface area contributed by atoms with E-state index < -0.39 is 42.9 Å². The number of carbonyl (C=O) groups excluding carboxylic acids is 1. The summed E-state index contributed by atoms with van der Waals surface area (Å²) < 4.78 is 78.5. The Kier molecular flexibility index (Phi) is 5.95. The number of amides is 1. The van der Waals surface area contributed by atoms with Crippen LogP contribution in [0.15, 0.2) is 35.0 Å². The van der Waals surface area contributed by atoms with Crippen LogP contribution in [0, 0.1) is 6.92 Å². The first kappa shape index (κ1) is 22.9. The number of aryl methyl sites for hydroxylation is 1. The average Bonchev–Trinajstić information content (AvgIpc) is 3.08. The summed E-state index contributed by atoms with van der Waals surface area (Å²) in [5.74, 6) is -3.75. The molecular weight excluding hydrogens is 451 g/mol. The molecule has 1 aliphatic rings. The number of furan rings is 1. The van der Waals surface area contributed by atoms with Crippen LogP contribution < -0.4 is 15.4 Å². The quantitative estimate of drug-likeness (QED) is 0.551. The first-order valence-electron chi connectivity index (χ1n) is 9.98. The Hall–Kier alpha value is -3.28. The van der Waals surface area contributed by atoms with Crippen LogP contribution >= 0.6 is 0 Å². The molecule has 0 unspecified atom stereocenters. The molecule has 33 heavy (non-hydrogen) atoms. The number of hydrogen-bond donors (Lipinski definition) is 2. The number of fused-ring (bicyclic) bond motifs is 1. The molecule has 4 rings (SSSR count). The third-order valence-electron chi connectivity index (χ3n) is 5.27. The molecule has 1 atom stereocenters. The van der Waals surface area contributed by atoms with Gasteiger partial charge < -0.3 is 19.8 Å². The molecule has 0 spiro atoms. The van der Waals surface area contributed by atoms with E-state index in [1.54, 1.807) is 0 Å². The fraction of sp³-hybridized carbons (Fsp3) is 0.381. The van der Waals surface area contributed by atoms with Crippen LogP contribution in [0.25, 0.3) is 11.0 Å². The monoisotopic (exact) mass is 470 g/mol. The minimum Gasteiger partial charge on any atom is -0.473 e. The van der Waals surface area contributed by atoms with Gasteiger partial charge in [-0.15, -0.1) is 0 Å². The van der Waals surface area contributed by atoms with E-state index in [0.717, 1.165) is 6.20 Å². The highest BCUT2D eigenvalue weighted by Crippen LogP contribution is 2.32. The maximum Gasteiger partial charge on any atom is 0.433 e. The highest BCUT2D eigenvalue weighted by Gasteiger charge is 2.43. The lowest BCUT2D eigenvalue weighted by molar-refractivity contribution is -0.142. The van der Waals surface area contributed by atoms with Crippen molar-refractivity contribution in [3.05, 3.63) is 53.2 Å². The second-order valence-electron chi connectivity index (χ2n) is 7.60. The lowest BCUT2D eigenvalue weighted by Crippen LogP contribution is -2.57. The van der Waals surface area contributed by atoms with Gasteiger partial charge in [0.1, 0.15) is 12.4 Å². The number of carbonyl (C=O) groups is 1. The molecule has 7 nitrogen and oxygen atoms in total. The zero-order valence-corrected chi connectivity index (χ0v) is 17.3. The highest BCUT2D eigenvalue weighted by molar-refractivity contribution is 6.07. The number of nitrogens with one attached hydrogen (secondary N) is 2. The molecule has 176 valence electrons. The van der Waals surface area contributed by atoms with Gasteiger partial charge in [0.15, 0.2) is 11.3 Å². The summed E-state index contributed by atoms with van der Waals surface area (Å²) in [7, 11) is 0. The molecule has 2 N–H and O–H groups in total. The number of piperidine rings is 1. The number of halogens is 5. The number of rotatable bonds is 5. The normalized spacial score (nSPS) is 18.3. The summed E-state index contributed by atoms with van der Waals surface area (Å²) in [5, 5.41) is 5.19. The van der Waals surface area contributed by atoms with E-state index in [-0.39, 0.29) is 40.2 Å². The summed E-state index contributed by atoms with van der Waals surface area (Å²) >= 11 is 0. The smallest absolute Gasteiger partial charge is 0.433 e. The topological polar surface area (TPSA) is 89.3 Å². The zero-order chi connectivity index (χ0) is 23.8. The Morgan fingerprint density at radius 1 is 1.36 bits per heavy atom. The van der Waals surface area contributed by atoms with Gasteiger partial charge in [-0.2, -0.15) is 13.2 Å². The predicted octanol–water partition coefficient (Wildman–Crippen LogP) is 3.86. The summed E-state index contributed by atoms with van der Waals surface area (Å²) in [6.07, 6.45) is -2.32. The molecule has 0 radical (unpaired) electrons. The summed E-state index contributed by atoms with van der Waals surface area (Å²) in [5.41, 5.74) is -1.03. The second-order valence-corrected chi connectivity index (χ2v) is 7.60. The molecule has 3 aromatic rings. The standard InChI is InChI=1S/C21H19F5N4O3/c1-11-17(19(31)30-15-4-6-27-10-20(15,22)23)13-7-16(29-8-14(13)33-11)32-9-12-3-2-5-28-18(12)21(24,25)26/h2-3,5,7-8,15,27H,4,6,9-10H2,1H3,(H,30,31)/t15-/m0/s1. The van der Waals surface area contributed by atoms with Crippen molar-refractivity contribution < 1.29 is 35.9 Å². The van der Waals surface area contributed by atoms with E-state index in [2.05, 4.69) is 20.6 Å². The molecular formula is C21H19F5N4O3. The molecule has 12 heteroatoms. The number of ether oxygens (including phenoxy) is 1. The van der Waals surface area contributed by atoms with E-state index in [4.69, 9.17) is 9.15 Å². The van der Waals surface area contributed by atoms with Gasteiger partial charge in [0.2, 0.25) is 5.88 Å². The number of nitrogens with zero attached hydrogens (tertiary/aromatic N) is 2. The highest BCUT2D eigenvalue weighted by atomic mass is 19.4. The first-order chi connectivity index (χ1) is 15.6. The van der Waals surface area contributed by atoms with E-state index in [1.807, 2.05) is 0 Å². The van der Waals surface area contributed by atoms with E-state index in [0.29, 0.717) is 6.54 Å². The third kappa shape index (κ3) is 4.75. The van der Waals surface area contributed by atoms with E-state index in [9.17, 15) is 26.7 Å². The summed E-state index contributed by atoms with van der Waals surface area (Å²) in [4.78, 5) is 20.2. The SMILES string of the molecule is Cc1oc2cnc(OCc3cccnc3C(F)(F)F)cc2c1C(=O)N[C@H]1CCNCC1(F)F. The molecule has 0 aromatic carbocycles. The average molecular weight is 470 g/mol. The van der Waals surface area contributed by atoms with E-state index in [1.165, 1.54) is 31.3 Å². The van der Waals surface area contributed by atoms with Crippen LogP contribution in [0.2, 0.25) is 0 Å². The Labute approximate surface area is 184 Å². The minimum absolute atomic E-state index is 0.0314. The number of pyridine rings is 2. The molecule has 1 saturated heterocycles. The molecule has 3 aromatic heterocycles. The van der Waals surface area contributed by atoms with Crippen molar-refractivity contribution in [1.29, 1.82) is 0 Å². The van der Waals surface area contributed by atoms with Crippen molar-refractivity contribution in [2.24, 2.45) is 0 Å². The molecule has 0 saturated carbocycles. The lowest BCUT2D eigenvalue weighted by Gasteiger charge is -2.32. The molecule has 0 aliphatic carbocycles. The Morgan fingerprint density at radius 3 is 2.88 bits per heavy atom. The van der Waals surface area contributed by atoms with Crippen molar-refractivity contribution in [1.82, 2.24) is 20.6 Å². The largest absolute Gasteiger partial charge is 0.473 e. The van der Waals surface area contributed by atoms with Crippen molar-refractivity contribution in [3.63, 3.8) is 0 Å². The van der Waals surface area contributed by atoms with Crippen LogP contribution in [-0.4, -0.2) is 40.9 Å². The summed E-state index contributed by atoms with van der Waals surface area (Å²) in [6.45, 7) is 0.823. The predicted molar refractivity (Wildman–Crippen MR) is 106 cm³/mol. The molecule has 4 heterocycles. The maximum atomic E-state index is 14.1.